The molecule has 7 heteroatoms. The van der Waals surface area contributed by atoms with Gasteiger partial charge >= 0.3 is 0 Å². The number of thiazole rings is 1. The largest absolute Gasteiger partial charge is 0.454 e. The lowest BCUT2D eigenvalue weighted by molar-refractivity contribution is 0.174. The van der Waals surface area contributed by atoms with Crippen LogP contribution >= 0.6 is 27.3 Å². The van der Waals surface area contributed by atoms with Crippen molar-refractivity contribution in [1.82, 2.24) is 4.57 Å². The second kappa shape index (κ2) is 6.85. The highest BCUT2D eigenvalue weighted by molar-refractivity contribution is 9.10. The number of benzene rings is 2. The van der Waals surface area contributed by atoms with Gasteiger partial charge in [0.1, 0.15) is 0 Å². The molecule has 0 amide bonds. The molecule has 0 unspecified atom stereocenters. The Morgan fingerprint density at radius 2 is 1.92 bits per heavy atom. The van der Waals surface area contributed by atoms with Crippen molar-refractivity contribution in [2.75, 3.05) is 6.79 Å². The van der Waals surface area contributed by atoms with Gasteiger partial charge in [-0.1, -0.05) is 28.1 Å². The molecular weight excluding hydrogens is 402 g/mol. The van der Waals surface area contributed by atoms with E-state index in [1.165, 1.54) is 0 Å². The molecule has 0 aliphatic carbocycles. The number of fused-ring (bicyclic) bond motifs is 1. The summed E-state index contributed by atoms with van der Waals surface area (Å²) < 4.78 is 13.8. The first kappa shape index (κ1) is 16.1. The summed E-state index contributed by atoms with van der Waals surface area (Å²) in [4.78, 5) is 0.829. The molecule has 1 aromatic heterocycles. The van der Waals surface area contributed by atoms with Gasteiger partial charge in [-0.05, 0) is 41.5 Å². The lowest BCUT2D eigenvalue weighted by Crippen LogP contribution is -2.10. The van der Waals surface area contributed by atoms with Crippen LogP contribution in [-0.2, 0) is 7.05 Å². The van der Waals surface area contributed by atoms with E-state index in [4.69, 9.17) is 9.47 Å². The predicted octanol–water partition coefficient (Wildman–Crippen LogP) is 4.18. The van der Waals surface area contributed by atoms with E-state index in [0.29, 0.717) is 0 Å². The van der Waals surface area contributed by atoms with E-state index in [0.717, 1.165) is 37.6 Å². The minimum Gasteiger partial charge on any atom is -0.454 e. The molecule has 0 radical (unpaired) electrons. The fourth-order valence-corrected chi connectivity index (χ4v) is 3.61. The molecule has 2 aromatic carbocycles. The SMILES string of the molecule is Cn1c(-c2ccc(Br)cc2)cs/c1=N\N=C\c1ccc2c(c1)OCO2. The molecule has 5 nitrogen and oxygen atoms in total. The zero-order chi connectivity index (χ0) is 17.2. The molecule has 1 aliphatic rings. The van der Waals surface area contributed by atoms with Gasteiger partial charge in [0.2, 0.25) is 11.6 Å². The Labute approximate surface area is 157 Å². The topological polar surface area (TPSA) is 48.1 Å². The molecular formula is C18H14BrN3O2S. The van der Waals surface area contributed by atoms with E-state index in [2.05, 4.69) is 43.6 Å². The van der Waals surface area contributed by atoms with Crippen LogP contribution in [0, 0.1) is 0 Å². The molecule has 25 heavy (non-hydrogen) atoms. The molecule has 0 fully saturated rings. The van der Waals surface area contributed by atoms with Crippen molar-refractivity contribution < 1.29 is 9.47 Å². The van der Waals surface area contributed by atoms with Gasteiger partial charge in [-0.15, -0.1) is 16.4 Å². The molecule has 3 aromatic rings. The Hall–Kier alpha value is -2.38. The van der Waals surface area contributed by atoms with Crippen LogP contribution in [0.25, 0.3) is 11.3 Å². The average molecular weight is 416 g/mol. The summed E-state index contributed by atoms with van der Waals surface area (Å²) in [6.45, 7) is 0.268. The molecule has 2 heterocycles. The molecule has 0 saturated carbocycles. The normalized spacial score (nSPS) is 13.8. The number of hydrogen-bond acceptors (Lipinski definition) is 5. The molecule has 0 atom stereocenters. The van der Waals surface area contributed by atoms with Gasteiger partial charge in [-0.2, -0.15) is 5.10 Å². The summed E-state index contributed by atoms with van der Waals surface area (Å²) in [5.74, 6) is 1.50. The molecule has 126 valence electrons. The minimum atomic E-state index is 0.268. The monoisotopic (exact) mass is 415 g/mol. The number of ether oxygens (including phenoxy) is 2. The number of rotatable bonds is 3. The quantitative estimate of drug-likeness (QED) is 0.475. The highest BCUT2D eigenvalue weighted by Gasteiger charge is 2.12. The molecule has 0 saturated heterocycles. The molecule has 0 spiro atoms. The van der Waals surface area contributed by atoms with E-state index in [1.807, 2.05) is 41.9 Å². The molecule has 0 bridgehead atoms. The van der Waals surface area contributed by atoms with E-state index in [-0.39, 0.29) is 6.79 Å². The van der Waals surface area contributed by atoms with Gasteiger partial charge in [-0.3, -0.25) is 0 Å². The van der Waals surface area contributed by atoms with Crippen molar-refractivity contribution in [2.24, 2.45) is 17.3 Å². The second-order valence-electron chi connectivity index (χ2n) is 5.43. The summed E-state index contributed by atoms with van der Waals surface area (Å²) in [5.41, 5.74) is 3.16. The van der Waals surface area contributed by atoms with Crippen LogP contribution in [0.4, 0.5) is 0 Å². The number of hydrogen-bond donors (Lipinski definition) is 0. The zero-order valence-corrected chi connectivity index (χ0v) is 15.8. The predicted molar refractivity (Wildman–Crippen MR) is 102 cm³/mol. The van der Waals surface area contributed by atoms with Gasteiger partial charge in [0, 0.05) is 16.9 Å². The Kier molecular flexibility index (Phi) is 4.42. The van der Waals surface area contributed by atoms with Gasteiger partial charge in [0.25, 0.3) is 0 Å². The highest BCUT2D eigenvalue weighted by Crippen LogP contribution is 2.32. The average Bonchev–Trinajstić information content (AvgIpc) is 3.23. The summed E-state index contributed by atoms with van der Waals surface area (Å²) in [6.07, 6.45) is 1.71. The fraction of sp³-hybridized carbons (Fsp3) is 0.111. The van der Waals surface area contributed by atoms with Crippen molar-refractivity contribution in [2.45, 2.75) is 0 Å². The lowest BCUT2D eigenvalue weighted by Gasteiger charge is -2.02. The van der Waals surface area contributed by atoms with Crippen LogP contribution in [0.1, 0.15) is 5.56 Å². The van der Waals surface area contributed by atoms with Gasteiger partial charge in [-0.25, -0.2) is 0 Å². The summed E-state index contributed by atoms with van der Waals surface area (Å²) in [7, 11) is 1.99. The first-order valence-electron chi connectivity index (χ1n) is 7.58. The number of aromatic nitrogens is 1. The van der Waals surface area contributed by atoms with E-state index in [1.54, 1.807) is 17.6 Å². The summed E-state index contributed by atoms with van der Waals surface area (Å²) in [5, 5.41) is 10.6. The minimum absolute atomic E-state index is 0.268. The van der Waals surface area contributed by atoms with Gasteiger partial charge in [0.05, 0.1) is 11.9 Å². The Balaban J connectivity index is 1.59. The van der Waals surface area contributed by atoms with Crippen molar-refractivity contribution >= 4 is 33.5 Å². The van der Waals surface area contributed by atoms with Crippen LogP contribution in [0.3, 0.4) is 0 Å². The van der Waals surface area contributed by atoms with Gasteiger partial charge in [0.15, 0.2) is 11.5 Å². The molecule has 0 N–H and O–H groups in total. The van der Waals surface area contributed by atoms with Crippen molar-refractivity contribution in [1.29, 1.82) is 0 Å². The third kappa shape index (κ3) is 3.38. The first-order chi connectivity index (χ1) is 12.2. The maximum atomic E-state index is 5.36. The first-order valence-corrected chi connectivity index (χ1v) is 9.25. The van der Waals surface area contributed by atoms with Crippen molar-refractivity contribution in [3.63, 3.8) is 0 Å². The Morgan fingerprint density at radius 3 is 2.76 bits per heavy atom. The third-order valence-electron chi connectivity index (χ3n) is 3.81. The Bertz CT molecular complexity index is 1010. The van der Waals surface area contributed by atoms with E-state index >= 15 is 0 Å². The van der Waals surface area contributed by atoms with Crippen LogP contribution in [0.15, 0.2) is 62.5 Å². The smallest absolute Gasteiger partial charge is 0.231 e. The fourth-order valence-electron chi connectivity index (χ4n) is 2.48. The van der Waals surface area contributed by atoms with Crippen LogP contribution < -0.4 is 14.3 Å². The van der Waals surface area contributed by atoms with E-state index in [9.17, 15) is 0 Å². The van der Waals surface area contributed by atoms with Crippen molar-refractivity contribution in [3.05, 3.63) is 62.7 Å². The van der Waals surface area contributed by atoms with E-state index < -0.39 is 0 Å². The lowest BCUT2D eigenvalue weighted by atomic mass is 10.2. The Morgan fingerprint density at radius 1 is 1.12 bits per heavy atom. The molecule has 4 rings (SSSR count). The number of nitrogens with zero attached hydrogens (tertiary/aromatic N) is 3. The van der Waals surface area contributed by atoms with Crippen LogP contribution in [0.2, 0.25) is 0 Å². The molecule has 1 aliphatic heterocycles. The van der Waals surface area contributed by atoms with Crippen LogP contribution in [-0.4, -0.2) is 17.6 Å². The standard InChI is InChI=1S/C18H14BrN3O2S/c1-22-15(13-3-5-14(19)6-4-13)10-25-18(22)21-20-9-12-2-7-16-17(8-12)24-11-23-16/h2-10H,11H2,1H3/b20-9+,21-18-. The number of halogens is 1. The summed E-state index contributed by atoms with van der Waals surface area (Å²) >= 11 is 5.01. The van der Waals surface area contributed by atoms with Gasteiger partial charge < -0.3 is 14.0 Å². The third-order valence-corrected chi connectivity index (χ3v) is 5.25. The van der Waals surface area contributed by atoms with Crippen LogP contribution in [0.5, 0.6) is 11.5 Å². The van der Waals surface area contributed by atoms with Crippen molar-refractivity contribution in [3.8, 4) is 22.8 Å². The maximum absolute atomic E-state index is 5.36. The maximum Gasteiger partial charge on any atom is 0.231 e. The second-order valence-corrected chi connectivity index (χ2v) is 7.18. The zero-order valence-electron chi connectivity index (χ0n) is 13.3. The highest BCUT2D eigenvalue weighted by atomic mass is 79.9. The summed E-state index contributed by atoms with van der Waals surface area (Å²) in [6, 6.07) is 13.9.